The van der Waals surface area contributed by atoms with E-state index in [4.69, 9.17) is 4.74 Å². The minimum atomic E-state index is -0.436. The number of anilines is 1. The first-order valence-electron chi connectivity index (χ1n) is 5.97. The highest BCUT2D eigenvalue weighted by molar-refractivity contribution is 9.10. The van der Waals surface area contributed by atoms with E-state index in [2.05, 4.69) is 20.9 Å². The van der Waals surface area contributed by atoms with Crippen LogP contribution in [0.1, 0.15) is 33.6 Å². The Hall–Kier alpha value is -0.620. The smallest absolute Gasteiger partial charge is 0.329 e. The number of carbonyl (C=O) groups excluding carboxylic acids is 1. The number of rotatable bonds is 2. The first-order chi connectivity index (χ1) is 8.37. The van der Waals surface area contributed by atoms with Crippen LogP contribution in [0.15, 0.2) is 9.98 Å². The van der Waals surface area contributed by atoms with Crippen molar-refractivity contribution in [3.63, 3.8) is 0 Å². The first kappa shape index (κ1) is 13.8. The number of hydrogen-bond acceptors (Lipinski definition) is 5. The van der Waals surface area contributed by atoms with Crippen molar-refractivity contribution >= 4 is 38.4 Å². The summed E-state index contributed by atoms with van der Waals surface area (Å²) in [5.41, 5.74) is -0.436. The van der Waals surface area contributed by atoms with Gasteiger partial charge in [-0.1, -0.05) is 0 Å². The van der Waals surface area contributed by atoms with Gasteiger partial charge in [-0.3, -0.25) is 0 Å². The molecule has 2 rings (SSSR count). The second kappa shape index (κ2) is 5.17. The van der Waals surface area contributed by atoms with Crippen molar-refractivity contribution < 1.29 is 9.53 Å². The molecule has 1 aromatic rings. The Bertz CT molecular complexity index is 442. The average molecular weight is 333 g/mol. The van der Waals surface area contributed by atoms with E-state index in [1.54, 1.807) is 11.3 Å². The Kier molecular flexibility index (Phi) is 3.96. The molecule has 1 aliphatic heterocycles. The predicted molar refractivity (Wildman–Crippen MR) is 76.0 cm³/mol. The standard InChI is InChI=1S/C12H17BrN2O2S/c1-12(2,3)17-10(16)8-5-4-6-15(8)11-14-9(13)7-18-11/h7-8H,4-6H2,1-3H3/t8-/m1/s1. The molecule has 0 bridgehead atoms. The maximum Gasteiger partial charge on any atom is 0.329 e. The van der Waals surface area contributed by atoms with Gasteiger partial charge in [0.1, 0.15) is 16.2 Å². The summed E-state index contributed by atoms with van der Waals surface area (Å²) in [5, 5.41) is 2.81. The molecule has 0 unspecified atom stereocenters. The summed E-state index contributed by atoms with van der Waals surface area (Å²) in [6.45, 7) is 6.54. The quantitative estimate of drug-likeness (QED) is 0.780. The Morgan fingerprint density at radius 1 is 1.61 bits per heavy atom. The van der Waals surface area contributed by atoms with Gasteiger partial charge >= 0.3 is 5.97 Å². The van der Waals surface area contributed by atoms with E-state index < -0.39 is 5.60 Å². The van der Waals surface area contributed by atoms with E-state index in [9.17, 15) is 4.79 Å². The van der Waals surface area contributed by atoms with Gasteiger partial charge in [-0.05, 0) is 49.5 Å². The first-order valence-corrected chi connectivity index (χ1v) is 7.64. The highest BCUT2D eigenvalue weighted by Crippen LogP contribution is 2.31. The van der Waals surface area contributed by atoms with E-state index in [0.717, 1.165) is 29.1 Å². The normalized spacial score (nSPS) is 20.2. The summed E-state index contributed by atoms with van der Waals surface area (Å²) in [6, 6.07) is -0.192. The SMILES string of the molecule is CC(C)(C)OC(=O)[C@H]1CCCN1c1nc(Br)cs1. The third-order valence-corrected chi connectivity index (χ3v) is 4.23. The maximum atomic E-state index is 12.2. The Morgan fingerprint density at radius 3 is 2.89 bits per heavy atom. The average Bonchev–Trinajstić information content (AvgIpc) is 2.81. The number of nitrogens with zero attached hydrogens (tertiary/aromatic N) is 2. The van der Waals surface area contributed by atoms with Gasteiger partial charge in [0.05, 0.1) is 0 Å². The lowest BCUT2D eigenvalue weighted by atomic mass is 10.1. The monoisotopic (exact) mass is 332 g/mol. The number of halogens is 1. The third-order valence-electron chi connectivity index (χ3n) is 2.64. The molecule has 2 heterocycles. The van der Waals surface area contributed by atoms with Crippen LogP contribution in [-0.2, 0) is 9.53 Å². The lowest BCUT2D eigenvalue weighted by Gasteiger charge is -2.27. The molecule has 100 valence electrons. The zero-order valence-electron chi connectivity index (χ0n) is 10.8. The summed E-state index contributed by atoms with van der Waals surface area (Å²) in [4.78, 5) is 18.6. The minimum absolute atomic E-state index is 0.147. The molecule has 0 aromatic carbocycles. The van der Waals surface area contributed by atoms with Crippen LogP contribution in [0, 0.1) is 0 Å². The number of esters is 1. The summed E-state index contributed by atoms with van der Waals surface area (Å²) in [5.74, 6) is -0.147. The summed E-state index contributed by atoms with van der Waals surface area (Å²) >= 11 is 4.89. The van der Waals surface area contributed by atoms with Crippen molar-refractivity contribution in [1.82, 2.24) is 4.98 Å². The molecule has 0 aliphatic carbocycles. The fourth-order valence-corrected chi connectivity index (χ4v) is 3.31. The molecule has 4 nitrogen and oxygen atoms in total. The summed E-state index contributed by atoms with van der Waals surface area (Å²) in [7, 11) is 0. The van der Waals surface area contributed by atoms with Crippen LogP contribution in [0.5, 0.6) is 0 Å². The van der Waals surface area contributed by atoms with Gasteiger partial charge in [-0.15, -0.1) is 11.3 Å². The largest absolute Gasteiger partial charge is 0.458 e. The number of hydrogen-bond donors (Lipinski definition) is 0. The molecule has 1 atom stereocenters. The highest BCUT2D eigenvalue weighted by atomic mass is 79.9. The van der Waals surface area contributed by atoms with Crippen molar-refractivity contribution in [1.29, 1.82) is 0 Å². The molecule has 1 aliphatic rings. The fraction of sp³-hybridized carbons (Fsp3) is 0.667. The van der Waals surface area contributed by atoms with Crippen LogP contribution >= 0.6 is 27.3 Å². The molecule has 1 fully saturated rings. The topological polar surface area (TPSA) is 42.4 Å². The molecular weight excluding hydrogens is 316 g/mol. The molecule has 0 saturated carbocycles. The van der Waals surface area contributed by atoms with Crippen molar-refractivity contribution in [2.45, 2.75) is 45.3 Å². The lowest BCUT2D eigenvalue weighted by molar-refractivity contribution is -0.156. The molecule has 0 N–H and O–H groups in total. The highest BCUT2D eigenvalue weighted by Gasteiger charge is 2.35. The van der Waals surface area contributed by atoms with Gasteiger partial charge in [0, 0.05) is 11.9 Å². The molecule has 6 heteroatoms. The van der Waals surface area contributed by atoms with Gasteiger partial charge in [-0.2, -0.15) is 0 Å². The zero-order valence-corrected chi connectivity index (χ0v) is 13.2. The molecule has 1 saturated heterocycles. The number of thiazole rings is 1. The minimum Gasteiger partial charge on any atom is -0.458 e. The van der Waals surface area contributed by atoms with Gasteiger partial charge in [-0.25, -0.2) is 9.78 Å². The Morgan fingerprint density at radius 2 is 2.33 bits per heavy atom. The third kappa shape index (κ3) is 3.23. The predicted octanol–water partition coefficient (Wildman–Crippen LogP) is 3.22. The number of carbonyl (C=O) groups is 1. The summed E-state index contributed by atoms with van der Waals surface area (Å²) in [6.07, 6.45) is 1.84. The molecular formula is C12H17BrN2O2S. The number of ether oxygens (including phenoxy) is 1. The van der Waals surface area contributed by atoms with Gasteiger partial charge in [0.2, 0.25) is 0 Å². The van der Waals surface area contributed by atoms with E-state index in [0.29, 0.717) is 0 Å². The van der Waals surface area contributed by atoms with Gasteiger partial charge < -0.3 is 9.64 Å². The van der Waals surface area contributed by atoms with Crippen molar-refractivity contribution in [2.24, 2.45) is 0 Å². The molecule has 18 heavy (non-hydrogen) atoms. The Balaban J connectivity index is 2.10. The van der Waals surface area contributed by atoms with Crippen LogP contribution < -0.4 is 4.90 Å². The summed E-state index contributed by atoms with van der Waals surface area (Å²) < 4.78 is 6.28. The molecule has 0 spiro atoms. The van der Waals surface area contributed by atoms with Gasteiger partial charge in [0.15, 0.2) is 5.13 Å². The second-order valence-corrected chi connectivity index (χ2v) is 6.99. The van der Waals surface area contributed by atoms with Crippen LogP contribution in [0.25, 0.3) is 0 Å². The van der Waals surface area contributed by atoms with E-state index >= 15 is 0 Å². The number of aromatic nitrogens is 1. The van der Waals surface area contributed by atoms with Crippen molar-refractivity contribution in [3.8, 4) is 0 Å². The van der Waals surface area contributed by atoms with E-state index in [1.165, 1.54) is 0 Å². The van der Waals surface area contributed by atoms with E-state index in [-0.39, 0.29) is 12.0 Å². The van der Waals surface area contributed by atoms with Crippen molar-refractivity contribution in [2.75, 3.05) is 11.4 Å². The zero-order chi connectivity index (χ0) is 13.3. The Labute approximate surface area is 119 Å². The second-order valence-electron chi connectivity index (χ2n) is 5.34. The molecule has 1 aromatic heterocycles. The van der Waals surface area contributed by atoms with Crippen molar-refractivity contribution in [3.05, 3.63) is 9.98 Å². The maximum absolute atomic E-state index is 12.2. The molecule has 0 radical (unpaired) electrons. The molecule has 0 amide bonds. The van der Waals surface area contributed by atoms with Gasteiger partial charge in [0.25, 0.3) is 0 Å². The fourth-order valence-electron chi connectivity index (χ4n) is 1.99. The van der Waals surface area contributed by atoms with Crippen LogP contribution in [0.2, 0.25) is 0 Å². The van der Waals surface area contributed by atoms with E-state index in [1.807, 2.05) is 31.1 Å². The van der Waals surface area contributed by atoms with Crippen LogP contribution in [0.3, 0.4) is 0 Å². The van der Waals surface area contributed by atoms with Crippen LogP contribution in [-0.4, -0.2) is 29.1 Å². The lowest BCUT2D eigenvalue weighted by Crippen LogP contribution is -2.40. The van der Waals surface area contributed by atoms with Crippen LogP contribution in [0.4, 0.5) is 5.13 Å².